The number of sulfone groups is 1. The lowest BCUT2D eigenvalue weighted by molar-refractivity contribution is 0.0985. The van der Waals surface area contributed by atoms with E-state index < -0.39 is 9.84 Å². The van der Waals surface area contributed by atoms with Crippen molar-refractivity contribution in [3.63, 3.8) is 0 Å². The summed E-state index contributed by atoms with van der Waals surface area (Å²) < 4.78 is 24.5. The van der Waals surface area contributed by atoms with Crippen molar-refractivity contribution in [1.82, 2.24) is 9.88 Å². The summed E-state index contributed by atoms with van der Waals surface area (Å²) >= 11 is 1.50. The van der Waals surface area contributed by atoms with Gasteiger partial charge in [0.25, 0.3) is 5.91 Å². The van der Waals surface area contributed by atoms with Crippen molar-refractivity contribution in [2.45, 2.75) is 18.7 Å². The largest absolute Gasteiger partial charge is 0.308 e. The molecule has 154 valence electrons. The number of thiazole rings is 1. The first-order valence-electron chi connectivity index (χ1n) is 9.21. The van der Waals surface area contributed by atoms with Crippen LogP contribution in [0.3, 0.4) is 0 Å². The van der Waals surface area contributed by atoms with Gasteiger partial charge >= 0.3 is 0 Å². The van der Waals surface area contributed by atoms with E-state index in [0.29, 0.717) is 23.8 Å². The average molecular weight is 432 g/mol. The first-order valence-corrected chi connectivity index (χ1v) is 11.9. The van der Waals surface area contributed by atoms with Crippen molar-refractivity contribution in [1.29, 1.82) is 0 Å². The number of hydrogen-bond donors (Lipinski definition) is 0. The Morgan fingerprint density at radius 1 is 1.07 bits per heavy atom. The second-order valence-electron chi connectivity index (χ2n) is 7.48. The molecule has 0 bridgehead atoms. The van der Waals surface area contributed by atoms with Crippen molar-refractivity contribution in [2.75, 3.05) is 38.3 Å². The Morgan fingerprint density at radius 3 is 2.31 bits per heavy atom. The maximum absolute atomic E-state index is 13.3. The molecule has 0 atom stereocenters. The van der Waals surface area contributed by atoms with Gasteiger partial charge in [-0.3, -0.25) is 9.69 Å². The van der Waals surface area contributed by atoms with Gasteiger partial charge in [-0.1, -0.05) is 17.4 Å². The van der Waals surface area contributed by atoms with Crippen LogP contribution in [-0.2, 0) is 9.84 Å². The quantitative estimate of drug-likeness (QED) is 0.597. The van der Waals surface area contributed by atoms with Gasteiger partial charge in [0.1, 0.15) is 0 Å². The molecule has 3 rings (SSSR count). The molecule has 2 aromatic carbocycles. The molecule has 29 heavy (non-hydrogen) atoms. The zero-order valence-corrected chi connectivity index (χ0v) is 18.9. The van der Waals surface area contributed by atoms with Gasteiger partial charge < -0.3 is 4.90 Å². The third-order valence-electron chi connectivity index (χ3n) is 4.59. The fraction of sp³-hybridized carbons (Fsp3) is 0.333. The molecule has 3 aromatic rings. The average Bonchev–Trinajstić information content (AvgIpc) is 3.05. The van der Waals surface area contributed by atoms with E-state index in [9.17, 15) is 13.2 Å². The Labute approximate surface area is 175 Å². The van der Waals surface area contributed by atoms with Gasteiger partial charge in [-0.05, 0) is 69.4 Å². The molecule has 0 spiro atoms. The van der Waals surface area contributed by atoms with Crippen molar-refractivity contribution < 1.29 is 13.2 Å². The van der Waals surface area contributed by atoms with Gasteiger partial charge in [0.2, 0.25) is 0 Å². The van der Waals surface area contributed by atoms with E-state index in [2.05, 4.69) is 6.07 Å². The van der Waals surface area contributed by atoms with E-state index in [1.807, 2.05) is 38.9 Å². The molecule has 0 aliphatic rings. The third kappa shape index (κ3) is 4.83. The zero-order chi connectivity index (χ0) is 21.3. The van der Waals surface area contributed by atoms with Crippen LogP contribution in [-0.4, -0.2) is 57.6 Å². The minimum absolute atomic E-state index is 0.194. The molecule has 0 saturated carbocycles. The topological polar surface area (TPSA) is 70.6 Å². The van der Waals surface area contributed by atoms with Gasteiger partial charge in [0.15, 0.2) is 15.0 Å². The molecule has 1 aromatic heterocycles. The number of amides is 1. The standard InChI is InChI=1S/C21H25N3O3S2/c1-14-12-15(2)19-18(13-14)22-21(28-19)24(11-10-23(3)4)20(25)16-6-8-17(9-7-16)29(5,26)27/h6-9,12-13H,10-11H2,1-5H3. The number of hydrogen-bond acceptors (Lipinski definition) is 6. The molecule has 1 amide bonds. The Kier molecular flexibility index (Phi) is 6.07. The third-order valence-corrected chi connectivity index (χ3v) is 6.94. The molecular formula is C21H25N3O3S2. The van der Waals surface area contributed by atoms with Crippen molar-refractivity contribution in [3.8, 4) is 0 Å². The molecule has 0 radical (unpaired) electrons. The minimum Gasteiger partial charge on any atom is -0.308 e. The SMILES string of the molecule is Cc1cc(C)c2sc(N(CCN(C)C)C(=O)c3ccc(S(C)(=O)=O)cc3)nc2c1. The lowest BCUT2D eigenvalue weighted by atomic mass is 10.1. The number of likely N-dealkylation sites (N-methyl/N-ethyl adjacent to an activating group) is 1. The summed E-state index contributed by atoms with van der Waals surface area (Å²) in [5, 5.41) is 0.646. The highest BCUT2D eigenvalue weighted by molar-refractivity contribution is 7.90. The van der Waals surface area contributed by atoms with Crippen LogP contribution < -0.4 is 4.90 Å². The van der Waals surface area contributed by atoms with E-state index in [4.69, 9.17) is 4.98 Å². The van der Waals surface area contributed by atoms with Gasteiger partial charge in [-0.25, -0.2) is 13.4 Å². The molecule has 8 heteroatoms. The lowest BCUT2D eigenvalue weighted by Gasteiger charge is -2.22. The molecule has 0 saturated heterocycles. The van der Waals surface area contributed by atoms with E-state index in [-0.39, 0.29) is 10.8 Å². The Morgan fingerprint density at radius 2 is 1.72 bits per heavy atom. The van der Waals surface area contributed by atoms with Crippen LogP contribution in [0.4, 0.5) is 5.13 Å². The van der Waals surface area contributed by atoms with E-state index >= 15 is 0 Å². The predicted molar refractivity (Wildman–Crippen MR) is 119 cm³/mol. The molecular weight excluding hydrogens is 406 g/mol. The number of carbonyl (C=O) groups is 1. The fourth-order valence-corrected chi connectivity index (χ4v) is 4.74. The van der Waals surface area contributed by atoms with Crippen LogP contribution in [0.25, 0.3) is 10.2 Å². The number of anilines is 1. The Balaban J connectivity index is 2.01. The smallest absolute Gasteiger partial charge is 0.260 e. The summed E-state index contributed by atoms with van der Waals surface area (Å²) in [7, 11) is 0.600. The number of nitrogens with zero attached hydrogens (tertiary/aromatic N) is 3. The lowest BCUT2D eigenvalue weighted by Crippen LogP contribution is -2.36. The van der Waals surface area contributed by atoms with Crippen LogP contribution in [0.15, 0.2) is 41.3 Å². The first kappa shape index (κ1) is 21.4. The second-order valence-corrected chi connectivity index (χ2v) is 10.5. The maximum Gasteiger partial charge on any atom is 0.260 e. The minimum atomic E-state index is -3.31. The molecule has 6 nitrogen and oxygen atoms in total. The van der Waals surface area contributed by atoms with Crippen molar-refractivity contribution >= 4 is 42.4 Å². The first-order chi connectivity index (χ1) is 13.6. The molecule has 0 unspecified atom stereocenters. The normalized spacial score (nSPS) is 11.9. The molecule has 0 aliphatic heterocycles. The number of fused-ring (bicyclic) bond motifs is 1. The van der Waals surface area contributed by atoms with Gasteiger partial charge in [0, 0.05) is 24.9 Å². The second kappa shape index (κ2) is 8.22. The van der Waals surface area contributed by atoms with Crippen molar-refractivity contribution in [2.24, 2.45) is 0 Å². The molecule has 0 N–H and O–H groups in total. The summed E-state index contributed by atoms with van der Waals surface area (Å²) in [5.41, 5.74) is 3.59. The fourth-order valence-electron chi connectivity index (χ4n) is 3.06. The highest BCUT2D eigenvalue weighted by atomic mass is 32.2. The maximum atomic E-state index is 13.3. The number of aromatic nitrogens is 1. The van der Waals surface area contributed by atoms with Crippen LogP contribution in [0, 0.1) is 13.8 Å². The van der Waals surface area contributed by atoms with Gasteiger partial charge in [-0.15, -0.1) is 0 Å². The summed E-state index contributed by atoms with van der Waals surface area (Å²) in [6.45, 7) is 5.25. The van der Waals surface area contributed by atoms with Crippen LogP contribution in [0.2, 0.25) is 0 Å². The van der Waals surface area contributed by atoms with Crippen molar-refractivity contribution in [3.05, 3.63) is 53.1 Å². The molecule has 0 fully saturated rings. The van der Waals surface area contributed by atoms with Crippen LogP contribution in [0.1, 0.15) is 21.5 Å². The van der Waals surface area contributed by atoms with E-state index in [0.717, 1.165) is 27.6 Å². The number of carbonyl (C=O) groups excluding carboxylic acids is 1. The predicted octanol–water partition coefficient (Wildman–Crippen LogP) is 3.53. The van der Waals surface area contributed by atoms with Gasteiger partial charge in [0.05, 0.1) is 15.1 Å². The molecule has 0 aliphatic carbocycles. The van der Waals surface area contributed by atoms with E-state index in [1.54, 1.807) is 17.0 Å². The van der Waals surface area contributed by atoms with E-state index in [1.165, 1.54) is 23.5 Å². The van der Waals surface area contributed by atoms with Crippen LogP contribution >= 0.6 is 11.3 Å². The number of aryl methyl sites for hydroxylation is 2. The Bertz CT molecular complexity index is 1150. The zero-order valence-electron chi connectivity index (χ0n) is 17.3. The monoisotopic (exact) mass is 431 g/mol. The number of rotatable bonds is 6. The highest BCUT2D eigenvalue weighted by Gasteiger charge is 2.22. The summed E-state index contributed by atoms with van der Waals surface area (Å²) in [6, 6.07) is 10.2. The van der Waals surface area contributed by atoms with Gasteiger partial charge in [-0.2, -0.15) is 0 Å². The summed E-state index contributed by atoms with van der Waals surface area (Å²) in [5.74, 6) is -0.194. The molecule has 1 heterocycles. The summed E-state index contributed by atoms with van der Waals surface area (Å²) in [4.78, 5) is 21.9. The Hall–Kier alpha value is -2.29. The summed E-state index contributed by atoms with van der Waals surface area (Å²) in [6.07, 6.45) is 1.15. The van der Waals surface area contributed by atoms with Crippen LogP contribution in [0.5, 0.6) is 0 Å². The highest BCUT2D eigenvalue weighted by Crippen LogP contribution is 2.32. The number of benzene rings is 2.